The molecule has 0 aliphatic heterocycles. The Kier molecular flexibility index (Phi) is 4.37. The second-order valence-electron chi connectivity index (χ2n) is 5.41. The predicted molar refractivity (Wildman–Crippen MR) is 74.6 cm³/mol. The second kappa shape index (κ2) is 6.01. The second-order valence-corrected chi connectivity index (χ2v) is 5.41. The SMILES string of the molecule is Cc1ccc(NC(=O)CNC2CCC(C)C2)cc1. The molecule has 3 nitrogen and oxygen atoms in total. The van der Waals surface area contributed by atoms with E-state index >= 15 is 0 Å². The molecule has 2 unspecified atom stereocenters. The Morgan fingerprint density at radius 1 is 1.28 bits per heavy atom. The third-order valence-electron chi connectivity index (χ3n) is 3.58. The minimum absolute atomic E-state index is 0.0402. The number of anilines is 1. The molecule has 2 rings (SSSR count). The standard InChI is InChI=1S/C15H22N2O/c1-11-3-6-13(7-4-11)17-15(18)10-16-14-8-5-12(2)9-14/h3-4,6-7,12,14,16H,5,8-10H2,1-2H3,(H,17,18). The third kappa shape index (κ3) is 3.84. The van der Waals surface area contributed by atoms with E-state index in [0.717, 1.165) is 11.6 Å². The summed E-state index contributed by atoms with van der Waals surface area (Å²) in [5.41, 5.74) is 2.07. The van der Waals surface area contributed by atoms with Crippen LogP contribution in [0.25, 0.3) is 0 Å². The molecule has 0 saturated heterocycles. The predicted octanol–water partition coefficient (Wildman–Crippen LogP) is 2.71. The van der Waals surface area contributed by atoms with Crippen molar-refractivity contribution in [2.24, 2.45) is 5.92 Å². The summed E-state index contributed by atoms with van der Waals surface area (Å²) in [7, 11) is 0. The molecule has 1 aliphatic rings. The monoisotopic (exact) mass is 246 g/mol. The van der Waals surface area contributed by atoms with Gasteiger partial charge in [-0.05, 0) is 44.2 Å². The highest BCUT2D eigenvalue weighted by Crippen LogP contribution is 2.24. The molecular formula is C15H22N2O. The zero-order valence-electron chi connectivity index (χ0n) is 11.2. The average molecular weight is 246 g/mol. The molecule has 1 aliphatic carbocycles. The van der Waals surface area contributed by atoms with Gasteiger partial charge in [0, 0.05) is 11.7 Å². The van der Waals surface area contributed by atoms with E-state index in [-0.39, 0.29) is 5.91 Å². The van der Waals surface area contributed by atoms with Crippen molar-refractivity contribution in [3.05, 3.63) is 29.8 Å². The molecule has 2 atom stereocenters. The van der Waals surface area contributed by atoms with Crippen molar-refractivity contribution < 1.29 is 4.79 Å². The Morgan fingerprint density at radius 2 is 2.00 bits per heavy atom. The van der Waals surface area contributed by atoms with Gasteiger partial charge in [-0.2, -0.15) is 0 Å². The number of amides is 1. The number of hydrogen-bond acceptors (Lipinski definition) is 2. The number of rotatable bonds is 4. The zero-order chi connectivity index (χ0) is 13.0. The van der Waals surface area contributed by atoms with Crippen LogP contribution in [0.5, 0.6) is 0 Å². The topological polar surface area (TPSA) is 41.1 Å². The van der Waals surface area contributed by atoms with E-state index in [4.69, 9.17) is 0 Å². The third-order valence-corrected chi connectivity index (χ3v) is 3.58. The molecule has 0 bridgehead atoms. The number of nitrogens with one attached hydrogen (secondary N) is 2. The maximum absolute atomic E-state index is 11.8. The molecule has 3 heteroatoms. The Bertz CT molecular complexity index is 399. The highest BCUT2D eigenvalue weighted by Gasteiger charge is 2.21. The van der Waals surface area contributed by atoms with E-state index < -0.39 is 0 Å². The number of aryl methyl sites for hydroxylation is 1. The lowest BCUT2D eigenvalue weighted by Gasteiger charge is -2.12. The summed E-state index contributed by atoms with van der Waals surface area (Å²) in [6.45, 7) is 4.72. The van der Waals surface area contributed by atoms with Crippen LogP contribution in [0.15, 0.2) is 24.3 Å². The quantitative estimate of drug-likeness (QED) is 0.857. The van der Waals surface area contributed by atoms with Crippen molar-refractivity contribution in [3.8, 4) is 0 Å². The number of hydrogen-bond donors (Lipinski definition) is 2. The first-order valence-corrected chi connectivity index (χ1v) is 6.73. The van der Waals surface area contributed by atoms with Gasteiger partial charge in [-0.1, -0.05) is 24.6 Å². The Labute approximate surface area is 109 Å². The summed E-state index contributed by atoms with van der Waals surface area (Å²) in [6, 6.07) is 8.39. The normalized spacial score (nSPS) is 23.0. The van der Waals surface area contributed by atoms with E-state index in [1.807, 2.05) is 31.2 Å². The maximum atomic E-state index is 11.8. The maximum Gasteiger partial charge on any atom is 0.238 e. The summed E-state index contributed by atoms with van der Waals surface area (Å²) in [4.78, 5) is 11.8. The number of carbonyl (C=O) groups excluding carboxylic acids is 1. The molecule has 1 aromatic carbocycles. The fraction of sp³-hybridized carbons (Fsp3) is 0.533. The molecule has 0 spiro atoms. The molecule has 98 valence electrons. The smallest absolute Gasteiger partial charge is 0.238 e. The van der Waals surface area contributed by atoms with Gasteiger partial charge in [0.2, 0.25) is 5.91 Å². The Balaban J connectivity index is 1.73. The molecule has 18 heavy (non-hydrogen) atoms. The first-order valence-electron chi connectivity index (χ1n) is 6.73. The minimum Gasteiger partial charge on any atom is -0.325 e. The van der Waals surface area contributed by atoms with E-state index in [1.165, 1.54) is 24.8 Å². The zero-order valence-corrected chi connectivity index (χ0v) is 11.2. The van der Waals surface area contributed by atoms with Gasteiger partial charge in [-0.15, -0.1) is 0 Å². The Morgan fingerprint density at radius 3 is 2.61 bits per heavy atom. The van der Waals surface area contributed by atoms with Crippen LogP contribution in [-0.4, -0.2) is 18.5 Å². The van der Waals surface area contributed by atoms with Crippen LogP contribution >= 0.6 is 0 Å². The van der Waals surface area contributed by atoms with E-state index in [9.17, 15) is 4.79 Å². The lowest BCUT2D eigenvalue weighted by atomic mass is 10.1. The van der Waals surface area contributed by atoms with Gasteiger partial charge in [0.1, 0.15) is 0 Å². The molecule has 1 aromatic rings. The highest BCUT2D eigenvalue weighted by molar-refractivity contribution is 5.92. The molecule has 0 radical (unpaired) electrons. The lowest BCUT2D eigenvalue weighted by Crippen LogP contribution is -2.34. The number of benzene rings is 1. The first kappa shape index (κ1) is 13.1. The van der Waals surface area contributed by atoms with Crippen molar-refractivity contribution in [2.45, 2.75) is 39.2 Å². The van der Waals surface area contributed by atoms with Gasteiger partial charge in [0.15, 0.2) is 0 Å². The van der Waals surface area contributed by atoms with Crippen LogP contribution in [0.3, 0.4) is 0 Å². The molecule has 0 aromatic heterocycles. The van der Waals surface area contributed by atoms with Crippen molar-refractivity contribution in [1.29, 1.82) is 0 Å². The van der Waals surface area contributed by atoms with Gasteiger partial charge >= 0.3 is 0 Å². The first-order chi connectivity index (χ1) is 8.63. The molecule has 0 heterocycles. The Hall–Kier alpha value is -1.35. The van der Waals surface area contributed by atoms with Crippen LogP contribution in [0.1, 0.15) is 31.7 Å². The fourth-order valence-corrected chi connectivity index (χ4v) is 2.47. The van der Waals surface area contributed by atoms with Crippen molar-refractivity contribution in [1.82, 2.24) is 5.32 Å². The van der Waals surface area contributed by atoms with Gasteiger partial charge in [-0.25, -0.2) is 0 Å². The summed E-state index contributed by atoms with van der Waals surface area (Å²) in [6.07, 6.45) is 3.66. The van der Waals surface area contributed by atoms with Crippen molar-refractivity contribution in [3.63, 3.8) is 0 Å². The van der Waals surface area contributed by atoms with Gasteiger partial charge in [0.05, 0.1) is 6.54 Å². The molecule has 2 N–H and O–H groups in total. The molecule has 1 fully saturated rings. The van der Waals surface area contributed by atoms with Crippen LogP contribution in [0, 0.1) is 12.8 Å². The van der Waals surface area contributed by atoms with E-state index in [1.54, 1.807) is 0 Å². The van der Waals surface area contributed by atoms with Crippen molar-refractivity contribution in [2.75, 3.05) is 11.9 Å². The molecule has 1 saturated carbocycles. The largest absolute Gasteiger partial charge is 0.325 e. The summed E-state index contributed by atoms with van der Waals surface area (Å²) in [5, 5.41) is 6.23. The lowest BCUT2D eigenvalue weighted by molar-refractivity contribution is -0.115. The van der Waals surface area contributed by atoms with Gasteiger partial charge < -0.3 is 10.6 Å². The minimum atomic E-state index is 0.0402. The van der Waals surface area contributed by atoms with Crippen molar-refractivity contribution >= 4 is 11.6 Å². The highest BCUT2D eigenvalue weighted by atomic mass is 16.1. The molecule has 1 amide bonds. The number of carbonyl (C=O) groups is 1. The van der Waals surface area contributed by atoms with E-state index in [2.05, 4.69) is 17.6 Å². The van der Waals surface area contributed by atoms with Gasteiger partial charge in [0.25, 0.3) is 0 Å². The summed E-state index contributed by atoms with van der Waals surface area (Å²) in [5.74, 6) is 0.834. The summed E-state index contributed by atoms with van der Waals surface area (Å²) < 4.78 is 0. The summed E-state index contributed by atoms with van der Waals surface area (Å²) >= 11 is 0. The molecular weight excluding hydrogens is 224 g/mol. The average Bonchev–Trinajstić information content (AvgIpc) is 2.76. The van der Waals surface area contributed by atoms with Crippen LogP contribution in [-0.2, 0) is 4.79 Å². The van der Waals surface area contributed by atoms with Crippen LogP contribution in [0.2, 0.25) is 0 Å². The van der Waals surface area contributed by atoms with Crippen LogP contribution < -0.4 is 10.6 Å². The van der Waals surface area contributed by atoms with Crippen LogP contribution in [0.4, 0.5) is 5.69 Å². The fourth-order valence-electron chi connectivity index (χ4n) is 2.47. The van der Waals surface area contributed by atoms with Gasteiger partial charge in [-0.3, -0.25) is 4.79 Å². The van der Waals surface area contributed by atoms with E-state index in [0.29, 0.717) is 12.6 Å².